The Hall–Kier alpha value is -1.80. The van der Waals surface area contributed by atoms with Gasteiger partial charge in [-0.15, -0.1) is 0 Å². The van der Waals surface area contributed by atoms with Crippen molar-refractivity contribution in [2.24, 2.45) is 0 Å². The van der Waals surface area contributed by atoms with Gasteiger partial charge in [0.05, 0.1) is 0 Å². The summed E-state index contributed by atoms with van der Waals surface area (Å²) in [6.45, 7) is 3.63. The summed E-state index contributed by atoms with van der Waals surface area (Å²) in [5.41, 5.74) is 4.15. The molecule has 0 radical (unpaired) electrons. The summed E-state index contributed by atoms with van der Waals surface area (Å²) >= 11 is 0. The summed E-state index contributed by atoms with van der Waals surface area (Å²) < 4.78 is 0. The lowest BCUT2D eigenvalue weighted by Gasteiger charge is -2.32. The minimum absolute atomic E-state index is 0.755. The fraction of sp³-hybridized carbons (Fsp3) is 0.400. The molecule has 0 aliphatic carbocycles. The second kappa shape index (κ2) is 7.46. The van der Waals surface area contributed by atoms with Gasteiger partial charge in [0, 0.05) is 19.3 Å². The molecule has 1 saturated heterocycles. The molecule has 0 unspecified atom stereocenters. The number of piperidine rings is 1. The fourth-order valence-corrected chi connectivity index (χ4v) is 3.38. The molecule has 2 aromatic carbocycles. The Morgan fingerprint density at radius 2 is 1.77 bits per heavy atom. The number of likely N-dealkylation sites (tertiary alicyclic amines) is 1. The maximum absolute atomic E-state index is 3.22. The van der Waals surface area contributed by atoms with E-state index in [1.165, 1.54) is 49.3 Å². The zero-order valence-electron chi connectivity index (χ0n) is 13.5. The van der Waals surface area contributed by atoms with Gasteiger partial charge < -0.3 is 10.2 Å². The molecular formula is C20H26N2. The van der Waals surface area contributed by atoms with Crippen molar-refractivity contribution >= 4 is 5.69 Å². The van der Waals surface area contributed by atoms with Crippen molar-refractivity contribution in [1.82, 2.24) is 4.90 Å². The van der Waals surface area contributed by atoms with Crippen LogP contribution in [0, 0.1) is 0 Å². The molecule has 2 aromatic rings. The summed E-state index contributed by atoms with van der Waals surface area (Å²) in [5, 5.41) is 3.22. The Balaban J connectivity index is 1.48. The third-order valence-corrected chi connectivity index (χ3v) is 4.79. The fourth-order valence-electron chi connectivity index (χ4n) is 3.38. The molecule has 2 heteroatoms. The quantitative estimate of drug-likeness (QED) is 0.891. The molecule has 0 atom stereocenters. The first-order chi connectivity index (χ1) is 10.8. The van der Waals surface area contributed by atoms with Crippen molar-refractivity contribution in [3.05, 3.63) is 65.7 Å². The second-order valence-electron chi connectivity index (χ2n) is 6.23. The predicted octanol–water partition coefficient (Wildman–Crippen LogP) is 4.15. The highest BCUT2D eigenvalue weighted by molar-refractivity contribution is 5.45. The van der Waals surface area contributed by atoms with Gasteiger partial charge in [-0.05, 0) is 61.5 Å². The zero-order valence-corrected chi connectivity index (χ0v) is 13.5. The van der Waals surface area contributed by atoms with E-state index in [0.717, 1.165) is 12.3 Å². The number of benzene rings is 2. The molecule has 1 aliphatic heterocycles. The number of nitrogens with one attached hydrogen (secondary N) is 1. The van der Waals surface area contributed by atoms with Crippen molar-refractivity contribution in [2.75, 3.05) is 32.0 Å². The van der Waals surface area contributed by atoms with Crippen LogP contribution < -0.4 is 5.32 Å². The average Bonchev–Trinajstić information content (AvgIpc) is 2.61. The number of anilines is 1. The summed E-state index contributed by atoms with van der Waals surface area (Å²) in [6.07, 6.45) is 3.73. The van der Waals surface area contributed by atoms with Gasteiger partial charge >= 0.3 is 0 Å². The molecule has 1 N–H and O–H groups in total. The first kappa shape index (κ1) is 15.1. The van der Waals surface area contributed by atoms with Gasteiger partial charge in [0.25, 0.3) is 0 Å². The molecule has 116 valence electrons. The van der Waals surface area contributed by atoms with Crippen LogP contribution in [0.15, 0.2) is 54.6 Å². The van der Waals surface area contributed by atoms with E-state index >= 15 is 0 Å². The molecule has 0 amide bonds. The summed E-state index contributed by atoms with van der Waals surface area (Å²) in [6, 6.07) is 19.8. The van der Waals surface area contributed by atoms with Crippen LogP contribution in [0.2, 0.25) is 0 Å². The van der Waals surface area contributed by atoms with Crippen molar-refractivity contribution in [2.45, 2.75) is 25.2 Å². The van der Waals surface area contributed by atoms with Gasteiger partial charge in [0.2, 0.25) is 0 Å². The van der Waals surface area contributed by atoms with E-state index in [1.807, 2.05) is 7.05 Å². The Morgan fingerprint density at radius 3 is 2.50 bits per heavy atom. The van der Waals surface area contributed by atoms with E-state index in [9.17, 15) is 0 Å². The molecule has 22 heavy (non-hydrogen) atoms. The van der Waals surface area contributed by atoms with Crippen molar-refractivity contribution < 1.29 is 0 Å². The standard InChI is InChI=1S/C20H26N2/c1-21-20-9-5-6-17(16-20)10-13-22-14-11-19(12-15-22)18-7-3-2-4-8-18/h2-9,16,19,21H,10-15H2,1H3. The minimum atomic E-state index is 0.755. The molecule has 1 aliphatic rings. The smallest absolute Gasteiger partial charge is 0.0340 e. The molecule has 2 nitrogen and oxygen atoms in total. The van der Waals surface area contributed by atoms with Crippen LogP contribution >= 0.6 is 0 Å². The zero-order chi connectivity index (χ0) is 15.2. The van der Waals surface area contributed by atoms with Crippen LogP contribution in [0.4, 0.5) is 5.69 Å². The Bertz CT molecular complexity index is 571. The SMILES string of the molecule is CNc1cccc(CCN2CCC(c3ccccc3)CC2)c1. The monoisotopic (exact) mass is 294 g/mol. The van der Waals surface area contributed by atoms with Crippen LogP contribution in [-0.4, -0.2) is 31.6 Å². The predicted molar refractivity (Wildman–Crippen MR) is 94.5 cm³/mol. The Morgan fingerprint density at radius 1 is 1.00 bits per heavy atom. The Labute approximate surface area is 134 Å². The maximum atomic E-state index is 3.22. The molecule has 0 spiro atoms. The molecule has 0 aromatic heterocycles. The topological polar surface area (TPSA) is 15.3 Å². The van der Waals surface area contributed by atoms with Gasteiger partial charge in [-0.3, -0.25) is 0 Å². The van der Waals surface area contributed by atoms with Gasteiger partial charge in [-0.1, -0.05) is 42.5 Å². The Kier molecular flexibility index (Phi) is 5.12. The number of rotatable bonds is 5. The molecular weight excluding hydrogens is 268 g/mol. The first-order valence-electron chi connectivity index (χ1n) is 8.39. The third-order valence-electron chi connectivity index (χ3n) is 4.79. The van der Waals surface area contributed by atoms with Crippen LogP contribution in [0.5, 0.6) is 0 Å². The molecule has 1 heterocycles. The lowest BCUT2D eigenvalue weighted by Crippen LogP contribution is -2.34. The number of hydrogen-bond donors (Lipinski definition) is 1. The summed E-state index contributed by atoms with van der Waals surface area (Å²) in [5.74, 6) is 0.755. The van der Waals surface area contributed by atoms with Crippen LogP contribution in [0.25, 0.3) is 0 Å². The molecule has 3 rings (SSSR count). The highest BCUT2D eigenvalue weighted by Crippen LogP contribution is 2.27. The van der Waals surface area contributed by atoms with Crippen molar-refractivity contribution in [1.29, 1.82) is 0 Å². The van der Waals surface area contributed by atoms with E-state index in [-0.39, 0.29) is 0 Å². The average molecular weight is 294 g/mol. The normalized spacial score (nSPS) is 16.6. The highest BCUT2D eigenvalue weighted by atomic mass is 15.1. The van der Waals surface area contributed by atoms with Crippen LogP contribution in [0.1, 0.15) is 29.9 Å². The van der Waals surface area contributed by atoms with E-state index in [2.05, 4.69) is 64.8 Å². The summed E-state index contributed by atoms with van der Waals surface area (Å²) in [7, 11) is 1.98. The molecule has 0 bridgehead atoms. The van der Waals surface area contributed by atoms with E-state index in [4.69, 9.17) is 0 Å². The van der Waals surface area contributed by atoms with E-state index < -0.39 is 0 Å². The lowest BCUT2D eigenvalue weighted by molar-refractivity contribution is 0.214. The highest BCUT2D eigenvalue weighted by Gasteiger charge is 2.19. The largest absolute Gasteiger partial charge is 0.388 e. The van der Waals surface area contributed by atoms with E-state index in [1.54, 1.807) is 0 Å². The number of hydrogen-bond acceptors (Lipinski definition) is 2. The lowest BCUT2D eigenvalue weighted by atomic mass is 9.89. The maximum Gasteiger partial charge on any atom is 0.0340 e. The summed E-state index contributed by atoms with van der Waals surface area (Å²) in [4.78, 5) is 2.62. The van der Waals surface area contributed by atoms with Gasteiger partial charge in [0.15, 0.2) is 0 Å². The van der Waals surface area contributed by atoms with Crippen molar-refractivity contribution in [3.63, 3.8) is 0 Å². The first-order valence-corrected chi connectivity index (χ1v) is 8.39. The van der Waals surface area contributed by atoms with Gasteiger partial charge in [-0.2, -0.15) is 0 Å². The van der Waals surface area contributed by atoms with Crippen LogP contribution in [-0.2, 0) is 6.42 Å². The second-order valence-corrected chi connectivity index (χ2v) is 6.23. The third kappa shape index (κ3) is 3.89. The van der Waals surface area contributed by atoms with Crippen molar-refractivity contribution in [3.8, 4) is 0 Å². The molecule has 0 saturated carbocycles. The molecule has 1 fully saturated rings. The minimum Gasteiger partial charge on any atom is -0.388 e. The number of nitrogens with zero attached hydrogens (tertiary/aromatic N) is 1. The van der Waals surface area contributed by atoms with Gasteiger partial charge in [-0.25, -0.2) is 0 Å². The van der Waals surface area contributed by atoms with E-state index in [0.29, 0.717) is 0 Å². The van der Waals surface area contributed by atoms with Gasteiger partial charge in [0.1, 0.15) is 0 Å². The van der Waals surface area contributed by atoms with Crippen LogP contribution in [0.3, 0.4) is 0 Å².